The molecule has 2 rings (SSSR count). The van der Waals surface area contributed by atoms with E-state index in [4.69, 9.17) is 4.74 Å². The summed E-state index contributed by atoms with van der Waals surface area (Å²) in [6.07, 6.45) is 0. The summed E-state index contributed by atoms with van der Waals surface area (Å²) < 4.78 is 19.1. The Labute approximate surface area is 126 Å². The molecule has 20 heavy (non-hydrogen) atoms. The Balaban J connectivity index is 0.00000200. The molecule has 1 aromatic carbocycles. The Kier molecular flexibility index (Phi) is 6.72. The minimum Gasteiger partial charge on any atom is -0.491 e. The second-order valence-electron chi connectivity index (χ2n) is 5.23. The molecule has 0 bridgehead atoms. The van der Waals surface area contributed by atoms with Crippen molar-refractivity contribution in [3.8, 4) is 5.75 Å². The third kappa shape index (κ3) is 4.08. The summed E-state index contributed by atoms with van der Waals surface area (Å²) in [4.78, 5) is 2.41. The third-order valence-electron chi connectivity index (χ3n) is 3.67. The standard InChI is InChI=1S/C15H23FN2O.ClH/c1-4-19-15-6-5-13(7-14(15)16)10-18-11(2)8-17-9-12(18)3;/h5-7,11-12,17H,4,8-10H2,1-3H3;1H/t11-,12+;. The summed E-state index contributed by atoms with van der Waals surface area (Å²) in [6, 6.07) is 6.21. The van der Waals surface area contributed by atoms with E-state index in [2.05, 4.69) is 24.1 Å². The SMILES string of the molecule is CCOc1ccc(CN2[C@H](C)CNC[C@@H]2C)cc1F.Cl. The van der Waals surface area contributed by atoms with Gasteiger partial charge < -0.3 is 10.1 Å². The highest BCUT2D eigenvalue weighted by molar-refractivity contribution is 5.85. The number of nitrogens with zero attached hydrogens (tertiary/aromatic N) is 1. The highest BCUT2D eigenvalue weighted by Gasteiger charge is 2.24. The van der Waals surface area contributed by atoms with Crippen LogP contribution in [-0.2, 0) is 6.54 Å². The van der Waals surface area contributed by atoms with Crippen molar-refractivity contribution in [1.82, 2.24) is 10.2 Å². The Morgan fingerprint density at radius 2 is 1.95 bits per heavy atom. The van der Waals surface area contributed by atoms with Gasteiger partial charge in [-0.2, -0.15) is 0 Å². The number of hydrogen-bond acceptors (Lipinski definition) is 3. The molecule has 0 aliphatic carbocycles. The van der Waals surface area contributed by atoms with E-state index in [-0.39, 0.29) is 18.2 Å². The van der Waals surface area contributed by atoms with Crippen LogP contribution < -0.4 is 10.1 Å². The summed E-state index contributed by atoms with van der Waals surface area (Å²) in [5.41, 5.74) is 1.00. The Hall–Kier alpha value is -0.840. The molecule has 114 valence electrons. The van der Waals surface area contributed by atoms with E-state index in [1.165, 1.54) is 0 Å². The van der Waals surface area contributed by atoms with Crippen LogP contribution in [0.2, 0.25) is 0 Å². The molecule has 2 atom stereocenters. The van der Waals surface area contributed by atoms with E-state index in [0.29, 0.717) is 24.4 Å². The Morgan fingerprint density at radius 3 is 2.50 bits per heavy atom. The van der Waals surface area contributed by atoms with Crippen molar-refractivity contribution in [2.24, 2.45) is 0 Å². The average Bonchev–Trinajstić information content (AvgIpc) is 2.37. The van der Waals surface area contributed by atoms with Crippen LogP contribution in [0, 0.1) is 5.82 Å². The largest absolute Gasteiger partial charge is 0.491 e. The molecular weight excluding hydrogens is 279 g/mol. The van der Waals surface area contributed by atoms with Gasteiger partial charge in [-0.3, -0.25) is 4.90 Å². The highest BCUT2D eigenvalue weighted by Crippen LogP contribution is 2.21. The zero-order valence-electron chi connectivity index (χ0n) is 12.4. The van der Waals surface area contributed by atoms with Crippen molar-refractivity contribution in [3.63, 3.8) is 0 Å². The zero-order chi connectivity index (χ0) is 13.8. The van der Waals surface area contributed by atoms with Crippen LogP contribution in [0.1, 0.15) is 26.3 Å². The molecule has 1 aromatic rings. The van der Waals surface area contributed by atoms with Crippen molar-refractivity contribution in [2.75, 3.05) is 19.7 Å². The monoisotopic (exact) mass is 302 g/mol. The Bertz CT molecular complexity index is 420. The van der Waals surface area contributed by atoms with Gasteiger partial charge in [-0.05, 0) is 38.5 Å². The van der Waals surface area contributed by atoms with Crippen molar-refractivity contribution in [1.29, 1.82) is 0 Å². The van der Waals surface area contributed by atoms with Crippen molar-refractivity contribution in [3.05, 3.63) is 29.6 Å². The maximum Gasteiger partial charge on any atom is 0.165 e. The molecule has 0 spiro atoms. The van der Waals surface area contributed by atoms with Gasteiger partial charge in [0.05, 0.1) is 6.61 Å². The third-order valence-corrected chi connectivity index (χ3v) is 3.67. The summed E-state index contributed by atoms with van der Waals surface area (Å²) in [7, 11) is 0. The molecule has 0 radical (unpaired) electrons. The number of rotatable bonds is 4. The van der Waals surface area contributed by atoms with Crippen LogP contribution in [0.25, 0.3) is 0 Å². The normalized spacial score (nSPS) is 23.2. The van der Waals surface area contributed by atoms with Gasteiger partial charge in [0.15, 0.2) is 11.6 Å². The average molecular weight is 303 g/mol. The topological polar surface area (TPSA) is 24.5 Å². The summed E-state index contributed by atoms with van der Waals surface area (Å²) in [6.45, 7) is 9.52. The molecule has 1 N–H and O–H groups in total. The quantitative estimate of drug-likeness (QED) is 0.925. The van der Waals surface area contributed by atoms with Crippen LogP contribution in [0.3, 0.4) is 0 Å². The summed E-state index contributed by atoms with van der Waals surface area (Å²) >= 11 is 0. The lowest BCUT2D eigenvalue weighted by Crippen LogP contribution is -2.54. The minimum atomic E-state index is -0.269. The molecular formula is C15H24ClFN2O. The van der Waals surface area contributed by atoms with Gasteiger partial charge in [0.25, 0.3) is 0 Å². The minimum absolute atomic E-state index is 0. The van der Waals surface area contributed by atoms with Gasteiger partial charge in [0, 0.05) is 31.7 Å². The maximum absolute atomic E-state index is 13.8. The predicted octanol–water partition coefficient (Wildman–Crippen LogP) is 2.83. The zero-order valence-corrected chi connectivity index (χ0v) is 13.2. The second kappa shape index (κ2) is 7.81. The molecule has 0 saturated carbocycles. The van der Waals surface area contributed by atoms with Crippen LogP contribution >= 0.6 is 12.4 Å². The second-order valence-corrected chi connectivity index (χ2v) is 5.23. The van der Waals surface area contributed by atoms with Crippen LogP contribution in [0.4, 0.5) is 4.39 Å². The number of hydrogen-bond donors (Lipinski definition) is 1. The smallest absolute Gasteiger partial charge is 0.165 e. The number of ether oxygens (including phenoxy) is 1. The summed E-state index contributed by atoms with van der Waals surface area (Å²) in [5, 5.41) is 3.40. The van der Waals surface area contributed by atoms with Gasteiger partial charge in [-0.15, -0.1) is 12.4 Å². The van der Waals surface area contributed by atoms with Gasteiger partial charge in [0.1, 0.15) is 0 Å². The lowest BCUT2D eigenvalue weighted by molar-refractivity contribution is 0.108. The maximum atomic E-state index is 13.8. The Morgan fingerprint density at radius 1 is 1.30 bits per heavy atom. The fourth-order valence-electron chi connectivity index (χ4n) is 2.61. The number of benzene rings is 1. The fourth-order valence-corrected chi connectivity index (χ4v) is 2.61. The van der Waals surface area contributed by atoms with Gasteiger partial charge in [0.2, 0.25) is 0 Å². The first-order chi connectivity index (χ1) is 9.11. The first-order valence-corrected chi connectivity index (χ1v) is 6.99. The molecule has 5 heteroatoms. The first kappa shape index (κ1) is 17.2. The molecule has 1 fully saturated rings. The van der Waals surface area contributed by atoms with Crippen LogP contribution in [0.15, 0.2) is 18.2 Å². The van der Waals surface area contributed by atoms with Gasteiger partial charge in [-0.1, -0.05) is 6.07 Å². The van der Waals surface area contributed by atoms with Crippen LogP contribution in [-0.4, -0.2) is 36.7 Å². The van der Waals surface area contributed by atoms with Crippen molar-refractivity contribution < 1.29 is 9.13 Å². The molecule has 1 aliphatic rings. The predicted molar refractivity (Wildman–Crippen MR) is 82.2 cm³/mol. The molecule has 0 unspecified atom stereocenters. The van der Waals surface area contributed by atoms with Gasteiger partial charge in [-0.25, -0.2) is 4.39 Å². The van der Waals surface area contributed by atoms with Gasteiger partial charge >= 0.3 is 0 Å². The first-order valence-electron chi connectivity index (χ1n) is 6.99. The van der Waals surface area contributed by atoms with E-state index < -0.39 is 0 Å². The molecule has 1 aliphatic heterocycles. The lowest BCUT2D eigenvalue weighted by atomic mass is 10.1. The molecule has 1 heterocycles. The van der Waals surface area contributed by atoms with E-state index in [1.54, 1.807) is 12.1 Å². The molecule has 0 amide bonds. The molecule has 0 aromatic heterocycles. The molecule has 3 nitrogen and oxygen atoms in total. The van der Waals surface area contributed by atoms with E-state index >= 15 is 0 Å². The van der Waals surface area contributed by atoms with Crippen molar-refractivity contribution in [2.45, 2.75) is 39.4 Å². The number of halogens is 2. The van der Waals surface area contributed by atoms with E-state index in [1.807, 2.05) is 13.0 Å². The highest BCUT2D eigenvalue weighted by atomic mass is 35.5. The fraction of sp³-hybridized carbons (Fsp3) is 0.600. The van der Waals surface area contributed by atoms with Crippen LogP contribution in [0.5, 0.6) is 5.75 Å². The van der Waals surface area contributed by atoms with E-state index in [9.17, 15) is 4.39 Å². The van der Waals surface area contributed by atoms with E-state index in [0.717, 1.165) is 25.2 Å². The number of nitrogens with one attached hydrogen (secondary N) is 1. The lowest BCUT2D eigenvalue weighted by Gasteiger charge is -2.39. The molecule has 1 saturated heterocycles. The number of piperazine rings is 1. The van der Waals surface area contributed by atoms with Crippen molar-refractivity contribution >= 4 is 12.4 Å². The summed E-state index contributed by atoms with van der Waals surface area (Å²) in [5.74, 6) is 0.0717.